The van der Waals surface area contributed by atoms with E-state index in [-0.39, 0.29) is 5.15 Å². The van der Waals surface area contributed by atoms with Gasteiger partial charge < -0.3 is 10.4 Å². The molecule has 0 bridgehead atoms. The number of hydrogen-bond acceptors (Lipinski definition) is 4. The molecular weight excluding hydrogens is 302 g/mol. The third-order valence-electron chi connectivity index (χ3n) is 2.83. The molecule has 2 heterocycles. The first-order chi connectivity index (χ1) is 9.97. The van der Waals surface area contributed by atoms with Gasteiger partial charge in [0.25, 0.3) is 0 Å². The summed E-state index contributed by atoms with van der Waals surface area (Å²) in [5, 5.41) is 16.5. The summed E-state index contributed by atoms with van der Waals surface area (Å²) in [6.07, 6.45) is 2.79. The van der Waals surface area contributed by atoms with Crippen LogP contribution in [-0.4, -0.2) is 32.5 Å². The minimum Gasteiger partial charge on any atom is -0.393 e. The summed E-state index contributed by atoms with van der Waals surface area (Å²) in [4.78, 5) is 3.95. The third kappa shape index (κ3) is 4.12. The molecule has 2 rings (SSSR count). The summed E-state index contributed by atoms with van der Waals surface area (Å²) >= 11 is 5.86. The van der Waals surface area contributed by atoms with Crippen molar-refractivity contribution in [3.63, 3.8) is 0 Å². The van der Waals surface area contributed by atoms with Gasteiger partial charge in [0.15, 0.2) is 0 Å². The highest BCUT2D eigenvalue weighted by Crippen LogP contribution is 2.28. The number of hydrogen-bond donors (Lipinski definition) is 2. The normalized spacial score (nSPS) is 12.7. The molecule has 5 nitrogen and oxygen atoms in total. The van der Waals surface area contributed by atoms with Gasteiger partial charge in [-0.2, -0.15) is 13.9 Å². The van der Waals surface area contributed by atoms with Crippen molar-refractivity contribution in [2.24, 2.45) is 0 Å². The maximum absolute atomic E-state index is 12.6. The first-order valence-corrected chi connectivity index (χ1v) is 6.76. The van der Waals surface area contributed by atoms with Crippen LogP contribution in [0.25, 0.3) is 11.3 Å². The summed E-state index contributed by atoms with van der Waals surface area (Å²) in [5.74, 6) is 0. The summed E-state index contributed by atoms with van der Waals surface area (Å²) < 4.78 is 25.7. The number of halogens is 3. The molecule has 0 fully saturated rings. The molecule has 0 aromatic carbocycles. The molecule has 21 heavy (non-hydrogen) atoms. The zero-order chi connectivity index (χ0) is 15.4. The highest BCUT2D eigenvalue weighted by molar-refractivity contribution is 6.29. The number of aliphatic hydroxyl groups is 1. The van der Waals surface area contributed by atoms with Crippen LogP contribution in [-0.2, 0) is 0 Å². The maximum Gasteiger partial charge on any atom is 0.333 e. The molecule has 0 aliphatic heterocycles. The van der Waals surface area contributed by atoms with E-state index in [0.29, 0.717) is 34.6 Å². The number of nitrogens with zero attached hydrogens (tertiary/aromatic N) is 3. The smallest absolute Gasteiger partial charge is 0.333 e. The molecule has 0 amide bonds. The molecule has 0 spiro atoms. The molecule has 0 unspecified atom stereocenters. The molecule has 8 heteroatoms. The van der Waals surface area contributed by atoms with E-state index in [0.717, 1.165) is 0 Å². The SMILES string of the molecule is C[C@@H](O)CCNc1cc(Cl)ncc1-c1ccn(C(F)F)n1. The zero-order valence-corrected chi connectivity index (χ0v) is 12.1. The summed E-state index contributed by atoms with van der Waals surface area (Å²) in [7, 11) is 0. The molecule has 0 saturated heterocycles. The van der Waals surface area contributed by atoms with E-state index >= 15 is 0 Å². The number of nitrogens with one attached hydrogen (secondary N) is 1. The Morgan fingerprint density at radius 2 is 2.24 bits per heavy atom. The third-order valence-corrected chi connectivity index (χ3v) is 3.04. The second-order valence-corrected chi connectivity index (χ2v) is 4.96. The molecule has 0 radical (unpaired) electrons. The van der Waals surface area contributed by atoms with E-state index < -0.39 is 12.7 Å². The zero-order valence-electron chi connectivity index (χ0n) is 11.3. The number of aromatic nitrogens is 3. The van der Waals surface area contributed by atoms with Crippen molar-refractivity contribution in [2.45, 2.75) is 26.0 Å². The second kappa shape index (κ2) is 6.82. The van der Waals surface area contributed by atoms with Crippen molar-refractivity contribution in [1.82, 2.24) is 14.8 Å². The van der Waals surface area contributed by atoms with Crippen LogP contribution in [0.4, 0.5) is 14.5 Å². The molecule has 2 aromatic rings. The molecular formula is C13H15ClF2N4O. The Labute approximate surface area is 125 Å². The largest absolute Gasteiger partial charge is 0.393 e. The molecule has 0 aliphatic carbocycles. The lowest BCUT2D eigenvalue weighted by Crippen LogP contribution is -2.10. The van der Waals surface area contributed by atoms with Gasteiger partial charge in [0.2, 0.25) is 0 Å². The van der Waals surface area contributed by atoms with Crippen LogP contribution in [0.1, 0.15) is 19.9 Å². The van der Waals surface area contributed by atoms with Crippen LogP contribution in [0, 0.1) is 0 Å². The maximum atomic E-state index is 12.6. The second-order valence-electron chi connectivity index (χ2n) is 4.58. The van der Waals surface area contributed by atoms with Crippen LogP contribution in [0.3, 0.4) is 0 Å². The van der Waals surface area contributed by atoms with Crippen LogP contribution >= 0.6 is 11.6 Å². The quantitative estimate of drug-likeness (QED) is 0.803. The van der Waals surface area contributed by atoms with Gasteiger partial charge in [-0.1, -0.05) is 11.6 Å². The first-order valence-electron chi connectivity index (χ1n) is 6.38. The number of aliphatic hydroxyl groups excluding tert-OH is 1. The van der Waals surface area contributed by atoms with E-state index in [9.17, 15) is 13.9 Å². The fourth-order valence-electron chi connectivity index (χ4n) is 1.79. The number of rotatable bonds is 6. The number of anilines is 1. The predicted molar refractivity (Wildman–Crippen MR) is 76.5 cm³/mol. The van der Waals surface area contributed by atoms with Gasteiger partial charge in [-0.3, -0.25) is 0 Å². The first kappa shape index (κ1) is 15.7. The minimum atomic E-state index is -2.69. The standard InChI is InChI=1S/C13H15ClF2N4O/c1-8(21)2-4-17-11-6-12(14)18-7-9(11)10-3-5-20(19-10)13(15)16/h3,5-8,13,21H,2,4H2,1H3,(H,17,18)/t8-/m1/s1. The molecule has 2 N–H and O–H groups in total. The van der Waals surface area contributed by atoms with Crippen LogP contribution < -0.4 is 5.32 Å². The molecule has 0 saturated carbocycles. The molecule has 0 aliphatic rings. The van der Waals surface area contributed by atoms with Crippen molar-refractivity contribution in [2.75, 3.05) is 11.9 Å². The summed E-state index contributed by atoms with van der Waals surface area (Å²) in [5.41, 5.74) is 1.58. The lowest BCUT2D eigenvalue weighted by atomic mass is 10.1. The number of alkyl halides is 2. The van der Waals surface area contributed by atoms with Gasteiger partial charge in [0.1, 0.15) is 5.15 Å². The van der Waals surface area contributed by atoms with Gasteiger partial charge in [-0.25, -0.2) is 9.67 Å². The Balaban J connectivity index is 2.24. The van der Waals surface area contributed by atoms with Crippen molar-refractivity contribution in [1.29, 1.82) is 0 Å². The van der Waals surface area contributed by atoms with E-state index in [2.05, 4.69) is 15.4 Å². The van der Waals surface area contributed by atoms with Crippen LogP contribution in [0.2, 0.25) is 5.15 Å². The average molecular weight is 317 g/mol. The van der Waals surface area contributed by atoms with Crippen LogP contribution in [0.15, 0.2) is 24.5 Å². The van der Waals surface area contributed by atoms with Gasteiger partial charge in [0, 0.05) is 30.2 Å². The van der Waals surface area contributed by atoms with Crippen molar-refractivity contribution >= 4 is 17.3 Å². The molecule has 114 valence electrons. The van der Waals surface area contributed by atoms with Crippen molar-refractivity contribution in [3.05, 3.63) is 29.7 Å². The Hall–Kier alpha value is -1.73. The van der Waals surface area contributed by atoms with E-state index in [1.54, 1.807) is 13.0 Å². The van der Waals surface area contributed by atoms with E-state index in [1.807, 2.05) is 0 Å². The lowest BCUT2D eigenvalue weighted by Gasteiger charge is -2.11. The highest BCUT2D eigenvalue weighted by Gasteiger charge is 2.13. The van der Waals surface area contributed by atoms with E-state index in [4.69, 9.17) is 11.6 Å². The number of pyridine rings is 1. The fourth-order valence-corrected chi connectivity index (χ4v) is 1.94. The Kier molecular flexibility index (Phi) is 5.08. The average Bonchev–Trinajstić information content (AvgIpc) is 2.88. The van der Waals surface area contributed by atoms with Gasteiger partial charge >= 0.3 is 6.55 Å². The summed E-state index contributed by atoms with van der Waals surface area (Å²) in [6, 6.07) is 3.08. The highest BCUT2D eigenvalue weighted by atomic mass is 35.5. The fraction of sp³-hybridized carbons (Fsp3) is 0.385. The monoisotopic (exact) mass is 316 g/mol. The van der Waals surface area contributed by atoms with Crippen LogP contribution in [0.5, 0.6) is 0 Å². The molecule has 1 atom stereocenters. The van der Waals surface area contributed by atoms with Crippen molar-refractivity contribution < 1.29 is 13.9 Å². The predicted octanol–water partition coefficient (Wildman–Crippen LogP) is 3.18. The Morgan fingerprint density at radius 1 is 1.48 bits per heavy atom. The molecule has 2 aromatic heterocycles. The Bertz CT molecular complexity index is 604. The van der Waals surface area contributed by atoms with Crippen molar-refractivity contribution in [3.8, 4) is 11.3 Å². The lowest BCUT2D eigenvalue weighted by molar-refractivity contribution is 0.0568. The van der Waals surface area contributed by atoms with E-state index in [1.165, 1.54) is 18.5 Å². The van der Waals surface area contributed by atoms with Gasteiger partial charge in [-0.15, -0.1) is 0 Å². The van der Waals surface area contributed by atoms with Gasteiger partial charge in [0.05, 0.1) is 11.8 Å². The van der Waals surface area contributed by atoms with Gasteiger partial charge in [-0.05, 0) is 25.5 Å². The minimum absolute atomic E-state index is 0.284. The summed E-state index contributed by atoms with van der Waals surface area (Å²) in [6.45, 7) is -0.488. The topological polar surface area (TPSA) is 63.0 Å². The Morgan fingerprint density at radius 3 is 2.86 bits per heavy atom.